The molecule has 2 aromatic heterocycles. The zero-order valence-electron chi connectivity index (χ0n) is 12.3. The van der Waals surface area contributed by atoms with Gasteiger partial charge in [-0.25, -0.2) is 4.98 Å². The lowest BCUT2D eigenvalue weighted by Crippen LogP contribution is -2.05. The first-order valence-electron chi connectivity index (χ1n) is 7.21. The summed E-state index contributed by atoms with van der Waals surface area (Å²) in [7, 11) is 0. The molecule has 1 N–H and O–H groups in total. The van der Waals surface area contributed by atoms with E-state index in [0.29, 0.717) is 0 Å². The normalized spacial score (nSPS) is 10.8. The van der Waals surface area contributed by atoms with E-state index in [2.05, 4.69) is 39.3 Å². The Balaban J connectivity index is 2.21. The molecule has 4 heteroatoms. The Morgan fingerprint density at radius 1 is 1.10 bits per heavy atom. The summed E-state index contributed by atoms with van der Waals surface area (Å²) in [6, 6.07) is 10.2. The van der Waals surface area contributed by atoms with Gasteiger partial charge >= 0.3 is 0 Å². The van der Waals surface area contributed by atoms with E-state index in [1.54, 1.807) is 12.4 Å². The molecule has 0 saturated heterocycles. The second-order valence-electron chi connectivity index (χ2n) is 5.01. The van der Waals surface area contributed by atoms with Crippen LogP contribution >= 0.6 is 0 Å². The van der Waals surface area contributed by atoms with Gasteiger partial charge in [0.05, 0.1) is 5.52 Å². The van der Waals surface area contributed by atoms with Crippen LogP contribution in [0, 0.1) is 6.92 Å². The van der Waals surface area contributed by atoms with Crippen molar-refractivity contribution in [2.24, 2.45) is 0 Å². The molecule has 0 amide bonds. The van der Waals surface area contributed by atoms with Crippen LogP contribution in [0.25, 0.3) is 22.2 Å². The Hall–Kier alpha value is -2.49. The maximum Gasteiger partial charge on any atom is 0.152 e. The molecule has 1 aromatic carbocycles. The van der Waals surface area contributed by atoms with Crippen molar-refractivity contribution >= 4 is 16.7 Å². The number of anilines is 1. The molecule has 0 unspecified atom stereocenters. The van der Waals surface area contributed by atoms with Gasteiger partial charge < -0.3 is 5.32 Å². The fraction of sp³-hybridized carbons (Fsp3) is 0.235. The van der Waals surface area contributed by atoms with E-state index in [4.69, 9.17) is 0 Å². The predicted octanol–water partition coefficient (Wildman–Crippen LogP) is 3.82. The van der Waals surface area contributed by atoms with Crippen molar-refractivity contribution in [1.82, 2.24) is 15.0 Å². The van der Waals surface area contributed by atoms with Crippen molar-refractivity contribution in [2.45, 2.75) is 20.3 Å². The van der Waals surface area contributed by atoms with Gasteiger partial charge in [0.2, 0.25) is 0 Å². The Bertz CT molecular complexity index is 768. The molecule has 4 nitrogen and oxygen atoms in total. The number of aryl methyl sites for hydroxylation is 1. The van der Waals surface area contributed by atoms with Crippen LogP contribution in [0.15, 0.2) is 42.7 Å². The van der Waals surface area contributed by atoms with Crippen molar-refractivity contribution in [3.8, 4) is 11.3 Å². The predicted molar refractivity (Wildman–Crippen MR) is 86.3 cm³/mol. The van der Waals surface area contributed by atoms with Gasteiger partial charge in [-0.3, -0.25) is 9.97 Å². The fourth-order valence-corrected chi connectivity index (χ4v) is 2.41. The van der Waals surface area contributed by atoms with Gasteiger partial charge in [-0.05, 0) is 25.5 Å². The molecular weight excluding hydrogens is 260 g/mol. The molecular formula is C17H18N4. The van der Waals surface area contributed by atoms with E-state index in [1.807, 2.05) is 25.1 Å². The Morgan fingerprint density at radius 3 is 2.76 bits per heavy atom. The highest BCUT2D eigenvalue weighted by Gasteiger charge is 2.12. The SMILES string of the molecule is CCCNc1nccnc1-c1cc(C)nc2ccccc12. The lowest BCUT2D eigenvalue weighted by Gasteiger charge is -2.12. The minimum absolute atomic E-state index is 0.829. The zero-order valence-corrected chi connectivity index (χ0v) is 12.3. The number of para-hydroxylation sites is 1. The number of aromatic nitrogens is 3. The van der Waals surface area contributed by atoms with E-state index in [9.17, 15) is 0 Å². The lowest BCUT2D eigenvalue weighted by molar-refractivity contribution is 0.966. The van der Waals surface area contributed by atoms with Crippen LogP contribution in [0.4, 0.5) is 5.82 Å². The second-order valence-corrected chi connectivity index (χ2v) is 5.01. The standard InChI is InChI=1S/C17H18N4/c1-3-8-19-17-16(18-9-10-20-17)14-11-12(2)21-15-7-5-4-6-13(14)15/h4-7,9-11H,3,8H2,1-2H3,(H,19,20). The first-order chi connectivity index (χ1) is 10.3. The van der Waals surface area contributed by atoms with Gasteiger partial charge in [-0.2, -0.15) is 0 Å². The molecule has 0 atom stereocenters. The van der Waals surface area contributed by atoms with Gasteiger partial charge in [-0.15, -0.1) is 0 Å². The lowest BCUT2D eigenvalue weighted by atomic mass is 10.0. The largest absolute Gasteiger partial charge is 0.368 e. The van der Waals surface area contributed by atoms with E-state index < -0.39 is 0 Å². The average Bonchev–Trinajstić information content (AvgIpc) is 2.52. The van der Waals surface area contributed by atoms with Crippen molar-refractivity contribution in [2.75, 3.05) is 11.9 Å². The number of fused-ring (bicyclic) bond motifs is 1. The van der Waals surface area contributed by atoms with Crippen LogP contribution in [-0.4, -0.2) is 21.5 Å². The molecule has 0 fully saturated rings. The smallest absolute Gasteiger partial charge is 0.152 e. The molecule has 0 aliphatic rings. The number of pyridine rings is 1. The molecule has 3 aromatic rings. The summed E-state index contributed by atoms with van der Waals surface area (Å²) in [6.45, 7) is 5.02. The number of hydrogen-bond donors (Lipinski definition) is 1. The highest BCUT2D eigenvalue weighted by Crippen LogP contribution is 2.30. The van der Waals surface area contributed by atoms with Crippen molar-refractivity contribution in [3.63, 3.8) is 0 Å². The maximum absolute atomic E-state index is 4.59. The van der Waals surface area contributed by atoms with Crippen molar-refractivity contribution in [3.05, 3.63) is 48.4 Å². The summed E-state index contributed by atoms with van der Waals surface area (Å²) in [4.78, 5) is 13.6. The zero-order chi connectivity index (χ0) is 14.7. The Morgan fingerprint density at radius 2 is 1.90 bits per heavy atom. The van der Waals surface area contributed by atoms with Crippen LogP contribution in [-0.2, 0) is 0 Å². The number of nitrogens with zero attached hydrogens (tertiary/aromatic N) is 3. The molecule has 0 aliphatic carbocycles. The second kappa shape index (κ2) is 5.87. The van der Waals surface area contributed by atoms with Crippen molar-refractivity contribution < 1.29 is 0 Å². The van der Waals surface area contributed by atoms with Crippen LogP contribution in [0.3, 0.4) is 0 Å². The third-order valence-corrected chi connectivity index (χ3v) is 3.34. The number of hydrogen-bond acceptors (Lipinski definition) is 4. The van der Waals surface area contributed by atoms with Crippen LogP contribution < -0.4 is 5.32 Å². The molecule has 0 saturated carbocycles. The molecule has 0 radical (unpaired) electrons. The first-order valence-corrected chi connectivity index (χ1v) is 7.21. The van der Waals surface area contributed by atoms with Gasteiger partial charge in [0.1, 0.15) is 5.69 Å². The van der Waals surface area contributed by atoms with Crippen LogP contribution in [0.5, 0.6) is 0 Å². The summed E-state index contributed by atoms with van der Waals surface area (Å²) >= 11 is 0. The summed E-state index contributed by atoms with van der Waals surface area (Å²) in [5, 5.41) is 4.45. The summed E-state index contributed by atoms with van der Waals surface area (Å²) < 4.78 is 0. The molecule has 2 heterocycles. The van der Waals surface area contributed by atoms with E-state index in [-0.39, 0.29) is 0 Å². The number of nitrogens with one attached hydrogen (secondary N) is 1. The van der Waals surface area contributed by atoms with Crippen molar-refractivity contribution in [1.29, 1.82) is 0 Å². The minimum atomic E-state index is 0.829. The van der Waals surface area contributed by atoms with Gasteiger partial charge in [0, 0.05) is 35.6 Å². The van der Waals surface area contributed by atoms with Gasteiger partial charge in [0.25, 0.3) is 0 Å². The van der Waals surface area contributed by atoms with Crippen LogP contribution in [0.2, 0.25) is 0 Å². The molecule has 0 bridgehead atoms. The topological polar surface area (TPSA) is 50.7 Å². The third kappa shape index (κ3) is 2.70. The van der Waals surface area contributed by atoms with Crippen LogP contribution in [0.1, 0.15) is 19.0 Å². The Kier molecular flexibility index (Phi) is 3.77. The third-order valence-electron chi connectivity index (χ3n) is 3.34. The summed E-state index contributed by atoms with van der Waals surface area (Å²) in [5.74, 6) is 0.829. The van der Waals surface area contributed by atoms with E-state index >= 15 is 0 Å². The molecule has 21 heavy (non-hydrogen) atoms. The molecule has 3 rings (SSSR count). The Labute approximate surface area is 124 Å². The quantitative estimate of drug-likeness (QED) is 0.788. The fourth-order valence-electron chi connectivity index (χ4n) is 2.41. The van der Waals surface area contributed by atoms with E-state index in [0.717, 1.165) is 46.6 Å². The minimum Gasteiger partial charge on any atom is -0.368 e. The highest BCUT2D eigenvalue weighted by atomic mass is 15.0. The first kappa shape index (κ1) is 13.5. The maximum atomic E-state index is 4.59. The molecule has 106 valence electrons. The number of benzene rings is 1. The summed E-state index contributed by atoms with van der Waals surface area (Å²) in [5.41, 5.74) is 3.92. The highest BCUT2D eigenvalue weighted by molar-refractivity contribution is 5.96. The summed E-state index contributed by atoms with van der Waals surface area (Å²) in [6.07, 6.45) is 4.50. The van der Waals surface area contributed by atoms with Gasteiger partial charge in [0.15, 0.2) is 5.82 Å². The molecule has 0 spiro atoms. The average molecular weight is 278 g/mol. The molecule has 0 aliphatic heterocycles. The van der Waals surface area contributed by atoms with Gasteiger partial charge in [-0.1, -0.05) is 25.1 Å². The number of rotatable bonds is 4. The monoisotopic (exact) mass is 278 g/mol. The van der Waals surface area contributed by atoms with E-state index in [1.165, 1.54) is 0 Å².